The van der Waals surface area contributed by atoms with Crippen molar-refractivity contribution in [1.82, 2.24) is 0 Å². The van der Waals surface area contributed by atoms with E-state index in [1.165, 1.54) is 7.11 Å². The van der Waals surface area contributed by atoms with Gasteiger partial charge >= 0.3 is 5.97 Å². The third-order valence-electron chi connectivity index (χ3n) is 5.81. The van der Waals surface area contributed by atoms with E-state index in [1.807, 2.05) is 44.2 Å². The molecular formula is C24H25ClN2O4. The molecule has 0 unspecified atom stereocenters. The van der Waals surface area contributed by atoms with Gasteiger partial charge in [0.2, 0.25) is 0 Å². The van der Waals surface area contributed by atoms with Crippen molar-refractivity contribution < 1.29 is 19.1 Å². The molecule has 1 aliphatic carbocycles. The van der Waals surface area contributed by atoms with Gasteiger partial charge in [-0.1, -0.05) is 36.7 Å². The molecule has 0 fully saturated rings. The molecule has 1 aliphatic heterocycles. The SMILES string of the molecule is CCOc1ccc([C@@H]2Nc3ccccc3NC3=C2C(=O)[C@H](C(=O)OC)[C@@H](C)C3)cc1Cl. The maximum atomic E-state index is 13.6. The summed E-state index contributed by atoms with van der Waals surface area (Å²) in [4.78, 5) is 26.1. The van der Waals surface area contributed by atoms with E-state index >= 15 is 0 Å². The fourth-order valence-electron chi connectivity index (χ4n) is 4.35. The first-order chi connectivity index (χ1) is 14.9. The Kier molecular flexibility index (Phi) is 5.92. The third-order valence-corrected chi connectivity index (χ3v) is 6.11. The number of halogens is 1. The number of ketones is 1. The Morgan fingerprint density at radius 2 is 1.94 bits per heavy atom. The van der Waals surface area contributed by atoms with Crippen LogP contribution in [-0.4, -0.2) is 25.5 Å². The van der Waals surface area contributed by atoms with Crippen molar-refractivity contribution in [3.8, 4) is 5.75 Å². The predicted octanol–water partition coefficient (Wildman–Crippen LogP) is 4.97. The van der Waals surface area contributed by atoms with Crippen LogP contribution in [0.15, 0.2) is 53.7 Å². The van der Waals surface area contributed by atoms with Crippen molar-refractivity contribution in [1.29, 1.82) is 0 Å². The number of anilines is 2. The summed E-state index contributed by atoms with van der Waals surface area (Å²) in [5.74, 6) is -1.17. The van der Waals surface area contributed by atoms with Gasteiger partial charge in [0.15, 0.2) is 5.78 Å². The predicted molar refractivity (Wildman–Crippen MR) is 120 cm³/mol. The largest absolute Gasteiger partial charge is 0.492 e. The highest BCUT2D eigenvalue weighted by Crippen LogP contribution is 2.44. The second-order valence-electron chi connectivity index (χ2n) is 7.81. The smallest absolute Gasteiger partial charge is 0.316 e. The fourth-order valence-corrected chi connectivity index (χ4v) is 4.60. The van der Waals surface area contributed by atoms with Crippen molar-refractivity contribution in [3.63, 3.8) is 0 Å². The second kappa shape index (κ2) is 8.63. The number of hydrogen-bond acceptors (Lipinski definition) is 6. The molecule has 2 aliphatic rings. The number of methoxy groups -OCH3 is 1. The van der Waals surface area contributed by atoms with Gasteiger partial charge in [-0.25, -0.2) is 0 Å². The van der Waals surface area contributed by atoms with E-state index in [0.29, 0.717) is 29.4 Å². The van der Waals surface area contributed by atoms with Gasteiger partial charge in [0.25, 0.3) is 0 Å². The lowest BCUT2D eigenvalue weighted by molar-refractivity contribution is -0.151. The Morgan fingerprint density at radius 1 is 1.19 bits per heavy atom. The molecule has 0 saturated carbocycles. The molecular weight excluding hydrogens is 416 g/mol. The molecule has 0 spiro atoms. The molecule has 162 valence electrons. The van der Waals surface area contributed by atoms with Crippen molar-refractivity contribution in [2.75, 3.05) is 24.4 Å². The van der Waals surface area contributed by atoms with Gasteiger partial charge in [-0.3, -0.25) is 9.59 Å². The maximum absolute atomic E-state index is 13.6. The highest BCUT2D eigenvalue weighted by molar-refractivity contribution is 6.32. The standard InChI is InChI=1S/C24H25ClN2O4/c1-4-31-19-10-9-14(12-15(19)25)22-21-18(26-16-7-5-6-8-17(16)27-22)11-13(2)20(23(21)28)24(29)30-3/h5-10,12-13,20,22,26-27H,4,11H2,1-3H3/t13-,20+,22-/m0/s1. The van der Waals surface area contributed by atoms with Gasteiger partial charge in [-0.15, -0.1) is 0 Å². The summed E-state index contributed by atoms with van der Waals surface area (Å²) in [7, 11) is 1.31. The molecule has 31 heavy (non-hydrogen) atoms. The van der Waals surface area contributed by atoms with Crippen molar-refractivity contribution in [3.05, 3.63) is 64.3 Å². The average Bonchev–Trinajstić information content (AvgIpc) is 2.91. The molecule has 2 aromatic carbocycles. The van der Waals surface area contributed by atoms with E-state index in [4.69, 9.17) is 21.1 Å². The van der Waals surface area contributed by atoms with E-state index in [2.05, 4.69) is 10.6 Å². The van der Waals surface area contributed by atoms with Crippen LogP contribution in [0, 0.1) is 11.8 Å². The first-order valence-electron chi connectivity index (χ1n) is 10.3. The fraction of sp³-hybridized carbons (Fsp3) is 0.333. The van der Waals surface area contributed by atoms with E-state index in [0.717, 1.165) is 22.6 Å². The molecule has 0 radical (unpaired) electrons. The summed E-state index contributed by atoms with van der Waals surface area (Å²) in [5.41, 5.74) is 3.90. The van der Waals surface area contributed by atoms with Gasteiger partial charge in [0.05, 0.1) is 36.2 Å². The second-order valence-corrected chi connectivity index (χ2v) is 8.22. The summed E-state index contributed by atoms with van der Waals surface area (Å²) < 4.78 is 10.5. The topological polar surface area (TPSA) is 76.7 Å². The molecule has 0 amide bonds. The molecule has 4 rings (SSSR count). The number of hydrogen-bond donors (Lipinski definition) is 2. The van der Waals surface area contributed by atoms with Crippen LogP contribution in [-0.2, 0) is 14.3 Å². The summed E-state index contributed by atoms with van der Waals surface area (Å²) in [6.45, 7) is 4.30. The Bertz CT molecular complexity index is 1070. The number of benzene rings is 2. The highest BCUT2D eigenvalue weighted by atomic mass is 35.5. The minimum Gasteiger partial charge on any atom is -0.492 e. The number of para-hydroxylation sites is 2. The van der Waals surface area contributed by atoms with Crippen molar-refractivity contribution >= 4 is 34.7 Å². The summed E-state index contributed by atoms with van der Waals surface area (Å²) in [6.07, 6.45) is 0.554. The number of rotatable bonds is 4. The van der Waals surface area contributed by atoms with Crippen molar-refractivity contribution in [2.45, 2.75) is 26.3 Å². The average molecular weight is 441 g/mol. The minimum atomic E-state index is -0.839. The van der Waals surface area contributed by atoms with Crippen LogP contribution in [0.25, 0.3) is 0 Å². The Hall–Kier alpha value is -2.99. The molecule has 0 aromatic heterocycles. The van der Waals surface area contributed by atoms with Crippen LogP contribution in [0.2, 0.25) is 5.02 Å². The Balaban J connectivity index is 1.85. The first-order valence-corrected chi connectivity index (χ1v) is 10.7. The lowest BCUT2D eigenvalue weighted by atomic mass is 9.75. The molecule has 6 nitrogen and oxygen atoms in total. The molecule has 3 atom stereocenters. The number of carbonyl (C=O) groups is 2. The summed E-state index contributed by atoms with van der Waals surface area (Å²) in [6, 6.07) is 12.8. The van der Waals surface area contributed by atoms with Crippen LogP contribution in [0.5, 0.6) is 5.75 Å². The molecule has 0 bridgehead atoms. The zero-order valence-electron chi connectivity index (χ0n) is 17.7. The van der Waals surface area contributed by atoms with E-state index < -0.39 is 17.9 Å². The van der Waals surface area contributed by atoms with Crippen LogP contribution in [0.1, 0.15) is 31.9 Å². The number of nitrogens with one attached hydrogen (secondary N) is 2. The van der Waals surface area contributed by atoms with Gasteiger partial charge in [0, 0.05) is 11.3 Å². The quantitative estimate of drug-likeness (QED) is 0.516. The number of ether oxygens (including phenoxy) is 2. The minimum absolute atomic E-state index is 0.180. The van der Waals surface area contributed by atoms with Gasteiger partial charge in [0.1, 0.15) is 11.7 Å². The van der Waals surface area contributed by atoms with Crippen LogP contribution >= 0.6 is 11.6 Å². The lowest BCUT2D eigenvalue weighted by Gasteiger charge is -2.32. The normalized spacial score (nSPS) is 22.5. The zero-order chi connectivity index (χ0) is 22.1. The number of Topliss-reactive ketones (excluding diaryl/α,β-unsaturated/α-hetero) is 1. The first kappa shape index (κ1) is 21.2. The lowest BCUT2D eigenvalue weighted by Crippen LogP contribution is -2.39. The number of allylic oxidation sites excluding steroid dienone is 1. The zero-order valence-corrected chi connectivity index (χ0v) is 18.5. The van der Waals surface area contributed by atoms with E-state index in [-0.39, 0.29) is 11.7 Å². The van der Waals surface area contributed by atoms with Crippen LogP contribution in [0.4, 0.5) is 11.4 Å². The maximum Gasteiger partial charge on any atom is 0.316 e. The van der Waals surface area contributed by atoms with Gasteiger partial charge in [-0.05, 0) is 49.1 Å². The number of carbonyl (C=O) groups excluding carboxylic acids is 2. The molecule has 2 aromatic rings. The molecule has 0 saturated heterocycles. The number of esters is 1. The van der Waals surface area contributed by atoms with Gasteiger partial charge < -0.3 is 20.1 Å². The molecule has 1 heterocycles. The van der Waals surface area contributed by atoms with Gasteiger partial charge in [-0.2, -0.15) is 0 Å². The monoisotopic (exact) mass is 440 g/mol. The van der Waals surface area contributed by atoms with Crippen molar-refractivity contribution in [2.24, 2.45) is 11.8 Å². The Morgan fingerprint density at radius 3 is 2.61 bits per heavy atom. The van der Waals surface area contributed by atoms with Crippen LogP contribution in [0.3, 0.4) is 0 Å². The summed E-state index contributed by atoms with van der Waals surface area (Å²) >= 11 is 6.46. The summed E-state index contributed by atoms with van der Waals surface area (Å²) in [5, 5.41) is 7.38. The van der Waals surface area contributed by atoms with E-state index in [1.54, 1.807) is 12.1 Å². The Labute approximate surface area is 186 Å². The third kappa shape index (κ3) is 3.88. The highest BCUT2D eigenvalue weighted by Gasteiger charge is 2.44. The molecule has 7 heteroatoms. The molecule has 2 N–H and O–H groups in total. The van der Waals surface area contributed by atoms with E-state index in [9.17, 15) is 9.59 Å². The number of fused-ring (bicyclic) bond motifs is 1. The van der Waals surface area contributed by atoms with Crippen LogP contribution < -0.4 is 15.4 Å².